The normalized spacial score (nSPS) is 27.4. The third kappa shape index (κ3) is 2.51. The van der Waals surface area contributed by atoms with Gasteiger partial charge in [-0.05, 0) is 25.7 Å². The zero-order chi connectivity index (χ0) is 12.2. The van der Waals surface area contributed by atoms with E-state index in [-0.39, 0.29) is 18.4 Å². The Morgan fingerprint density at radius 1 is 1.44 bits per heavy atom. The van der Waals surface area contributed by atoms with Crippen LogP contribution in [0.25, 0.3) is 0 Å². The Hall–Kier alpha value is -1.57. The Balaban J connectivity index is 2.41. The third-order valence-electron chi connectivity index (χ3n) is 2.83. The number of nitrogens with zero attached hydrogens (tertiary/aromatic N) is 1. The molecular weight excluding hydrogens is 206 g/mol. The summed E-state index contributed by atoms with van der Waals surface area (Å²) >= 11 is 0. The molecule has 0 atom stereocenters. The van der Waals surface area contributed by atoms with Gasteiger partial charge in [0.25, 0.3) is 0 Å². The Kier molecular flexibility index (Phi) is 3.88. The molecule has 16 heavy (non-hydrogen) atoms. The molecule has 1 fully saturated rings. The van der Waals surface area contributed by atoms with E-state index in [4.69, 9.17) is 5.26 Å². The summed E-state index contributed by atoms with van der Waals surface area (Å²) in [6.07, 6.45) is 1.18. The first kappa shape index (κ1) is 12.5. The van der Waals surface area contributed by atoms with E-state index < -0.39 is 5.41 Å². The predicted molar refractivity (Wildman–Crippen MR) is 58.1 cm³/mol. The van der Waals surface area contributed by atoms with E-state index in [1.54, 1.807) is 0 Å². The average Bonchev–Trinajstić information content (AvgIpc) is 2.21. The van der Waals surface area contributed by atoms with Gasteiger partial charge in [0, 0.05) is 6.54 Å². The highest BCUT2D eigenvalue weighted by atomic mass is 16.2. The molecule has 5 nitrogen and oxygen atoms in total. The molecule has 0 bridgehead atoms. The summed E-state index contributed by atoms with van der Waals surface area (Å²) in [6, 6.07) is 2.06. The fourth-order valence-electron chi connectivity index (χ4n) is 2.05. The summed E-state index contributed by atoms with van der Waals surface area (Å²) < 4.78 is 0. The van der Waals surface area contributed by atoms with Crippen LogP contribution in [0.1, 0.15) is 26.7 Å². The second-order valence-corrected chi connectivity index (χ2v) is 4.34. The van der Waals surface area contributed by atoms with E-state index in [1.807, 2.05) is 13.8 Å². The lowest BCUT2D eigenvalue weighted by Gasteiger charge is -2.39. The van der Waals surface area contributed by atoms with E-state index >= 15 is 0 Å². The lowest BCUT2D eigenvalue weighted by atomic mass is 9.63. The zero-order valence-corrected chi connectivity index (χ0v) is 9.67. The molecule has 1 rings (SSSR count). The number of carbonyl (C=O) groups is 2. The molecule has 0 aromatic heterocycles. The molecule has 0 aromatic carbocycles. The van der Waals surface area contributed by atoms with Crippen LogP contribution >= 0.6 is 0 Å². The van der Waals surface area contributed by atoms with Gasteiger partial charge in [-0.3, -0.25) is 9.59 Å². The fourth-order valence-corrected chi connectivity index (χ4v) is 2.05. The van der Waals surface area contributed by atoms with E-state index in [9.17, 15) is 9.59 Å². The molecule has 0 radical (unpaired) electrons. The van der Waals surface area contributed by atoms with Crippen LogP contribution in [0.5, 0.6) is 0 Å². The van der Waals surface area contributed by atoms with Gasteiger partial charge in [-0.25, -0.2) is 0 Å². The van der Waals surface area contributed by atoms with Crippen LogP contribution in [-0.2, 0) is 9.59 Å². The van der Waals surface area contributed by atoms with Crippen molar-refractivity contribution in [1.29, 1.82) is 5.26 Å². The Morgan fingerprint density at radius 3 is 2.50 bits per heavy atom. The lowest BCUT2D eigenvalue weighted by molar-refractivity contribution is -0.135. The molecule has 88 valence electrons. The van der Waals surface area contributed by atoms with Gasteiger partial charge in [0.05, 0.1) is 12.6 Å². The number of carbonyl (C=O) groups excluding carboxylic acids is 2. The molecule has 1 aliphatic carbocycles. The molecule has 0 aromatic rings. The molecule has 0 saturated heterocycles. The molecule has 1 aliphatic rings. The van der Waals surface area contributed by atoms with Gasteiger partial charge in [-0.2, -0.15) is 5.26 Å². The zero-order valence-electron chi connectivity index (χ0n) is 9.67. The highest BCUT2D eigenvalue weighted by Crippen LogP contribution is 2.44. The van der Waals surface area contributed by atoms with Gasteiger partial charge in [0.1, 0.15) is 5.41 Å². The van der Waals surface area contributed by atoms with Crippen molar-refractivity contribution in [1.82, 2.24) is 10.6 Å². The van der Waals surface area contributed by atoms with Gasteiger partial charge in [-0.15, -0.1) is 0 Å². The Morgan fingerprint density at radius 2 is 2.06 bits per heavy atom. The van der Waals surface area contributed by atoms with Crippen molar-refractivity contribution in [3.8, 4) is 6.07 Å². The molecule has 5 heteroatoms. The highest BCUT2D eigenvalue weighted by molar-refractivity contribution is 5.90. The highest BCUT2D eigenvalue weighted by Gasteiger charge is 2.48. The van der Waals surface area contributed by atoms with Gasteiger partial charge < -0.3 is 10.6 Å². The minimum atomic E-state index is -0.897. The summed E-state index contributed by atoms with van der Waals surface area (Å²) in [7, 11) is 0. The molecule has 1 saturated carbocycles. The number of nitrogens with one attached hydrogen (secondary N) is 2. The van der Waals surface area contributed by atoms with Crippen LogP contribution in [-0.4, -0.2) is 24.9 Å². The maximum absolute atomic E-state index is 11.7. The maximum Gasteiger partial charge on any atom is 0.240 e. The molecule has 0 spiro atoms. The van der Waals surface area contributed by atoms with Crippen molar-refractivity contribution in [2.75, 3.05) is 13.1 Å². The monoisotopic (exact) mass is 223 g/mol. The summed E-state index contributed by atoms with van der Waals surface area (Å²) in [4.78, 5) is 22.8. The van der Waals surface area contributed by atoms with Crippen LogP contribution in [0.15, 0.2) is 0 Å². The molecular formula is C11H17N3O2. The van der Waals surface area contributed by atoms with E-state index in [1.165, 1.54) is 0 Å². The number of hydrogen-bond acceptors (Lipinski definition) is 3. The molecule has 2 amide bonds. The van der Waals surface area contributed by atoms with E-state index in [0.717, 1.165) is 0 Å². The second kappa shape index (κ2) is 4.97. The largest absolute Gasteiger partial charge is 0.355 e. The third-order valence-corrected chi connectivity index (χ3v) is 2.83. The summed E-state index contributed by atoms with van der Waals surface area (Å²) in [5.41, 5.74) is -0.897. The first-order chi connectivity index (χ1) is 7.54. The molecule has 0 heterocycles. The van der Waals surface area contributed by atoms with Gasteiger partial charge in [-0.1, -0.05) is 6.92 Å². The van der Waals surface area contributed by atoms with E-state index in [0.29, 0.717) is 25.3 Å². The predicted octanol–water partition coefficient (Wildman–Crippen LogP) is 0.179. The van der Waals surface area contributed by atoms with Gasteiger partial charge >= 0.3 is 0 Å². The van der Waals surface area contributed by atoms with Crippen LogP contribution < -0.4 is 10.6 Å². The number of nitriles is 1. The minimum Gasteiger partial charge on any atom is -0.355 e. The van der Waals surface area contributed by atoms with Gasteiger partial charge in [0.2, 0.25) is 11.8 Å². The van der Waals surface area contributed by atoms with Crippen molar-refractivity contribution in [2.24, 2.45) is 11.3 Å². The first-order valence-electron chi connectivity index (χ1n) is 5.50. The molecule has 2 N–H and O–H groups in total. The molecule has 0 aliphatic heterocycles. The fraction of sp³-hybridized carbons (Fsp3) is 0.727. The number of likely N-dealkylation sites (N-methyl/N-ethyl adjacent to an activating group) is 1. The Bertz CT molecular complexity index is 327. The van der Waals surface area contributed by atoms with Crippen LogP contribution in [0.3, 0.4) is 0 Å². The van der Waals surface area contributed by atoms with Crippen LogP contribution in [0.4, 0.5) is 0 Å². The van der Waals surface area contributed by atoms with Crippen molar-refractivity contribution in [2.45, 2.75) is 26.7 Å². The topological polar surface area (TPSA) is 82.0 Å². The summed E-state index contributed by atoms with van der Waals surface area (Å²) in [5, 5.41) is 14.1. The van der Waals surface area contributed by atoms with Crippen molar-refractivity contribution in [3.63, 3.8) is 0 Å². The van der Waals surface area contributed by atoms with E-state index in [2.05, 4.69) is 16.7 Å². The van der Waals surface area contributed by atoms with Crippen molar-refractivity contribution < 1.29 is 9.59 Å². The van der Waals surface area contributed by atoms with Crippen LogP contribution in [0, 0.1) is 22.7 Å². The second-order valence-electron chi connectivity index (χ2n) is 4.34. The standard InChI is InChI=1S/C11H17N3O2/c1-3-13-9(15)6-14-10(16)11(7-12)4-8(2)5-11/h8H,3-6H2,1-2H3,(H,13,15)(H,14,16). The number of rotatable bonds is 4. The maximum atomic E-state index is 11.7. The summed E-state index contributed by atoms with van der Waals surface area (Å²) in [6.45, 7) is 4.30. The summed E-state index contributed by atoms with van der Waals surface area (Å²) in [5.74, 6) is -0.134. The van der Waals surface area contributed by atoms with Crippen molar-refractivity contribution in [3.05, 3.63) is 0 Å². The quantitative estimate of drug-likeness (QED) is 0.713. The van der Waals surface area contributed by atoms with Crippen LogP contribution in [0.2, 0.25) is 0 Å². The lowest BCUT2D eigenvalue weighted by Crippen LogP contribution is -2.50. The minimum absolute atomic E-state index is 0.0511. The average molecular weight is 223 g/mol. The molecule has 0 unspecified atom stereocenters. The number of amides is 2. The van der Waals surface area contributed by atoms with Crippen molar-refractivity contribution >= 4 is 11.8 Å². The SMILES string of the molecule is CCNC(=O)CNC(=O)C1(C#N)CC(C)C1. The number of hydrogen-bond donors (Lipinski definition) is 2. The first-order valence-corrected chi connectivity index (χ1v) is 5.50. The Labute approximate surface area is 95.2 Å². The smallest absolute Gasteiger partial charge is 0.240 e. The van der Waals surface area contributed by atoms with Gasteiger partial charge in [0.15, 0.2) is 0 Å².